The van der Waals surface area contributed by atoms with Crippen molar-refractivity contribution in [3.63, 3.8) is 0 Å². The molecule has 0 unspecified atom stereocenters. The minimum Gasteiger partial charge on any atom is -0.447 e. The number of hydrogen-bond donors (Lipinski definition) is 0. The van der Waals surface area contributed by atoms with Crippen LogP contribution in [0.25, 0.3) is 0 Å². The van der Waals surface area contributed by atoms with Gasteiger partial charge in [0, 0.05) is 19.0 Å². The molecule has 0 radical (unpaired) electrons. The molecular formula is C15H19N5O3. The summed E-state index contributed by atoms with van der Waals surface area (Å²) in [5.41, 5.74) is 1.36. The molecule has 2 aliphatic rings. The van der Waals surface area contributed by atoms with Crippen molar-refractivity contribution < 1.29 is 13.9 Å². The number of nitrogens with zero attached hydrogens (tertiary/aromatic N) is 5. The van der Waals surface area contributed by atoms with E-state index < -0.39 is 0 Å². The molecule has 1 saturated heterocycles. The maximum Gasteiger partial charge on any atom is 0.276 e. The molecule has 1 fully saturated rings. The number of likely N-dealkylation sites (tertiary alicyclic amines) is 1. The molecule has 8 nitrogen and oxygen atoms in total. The lowest BCUT2D eigenvalue weighted by atomic mass is 9.99. The lowest BCUT2D eigenvalue weighted by molar-refractivity contribution is -0.0605. The highest BCUT2D eigenvalue weighted by atomic mass is 16.5. The zero-order chi connectivity index (χ0) is 16.0. The number of oxazole rings is 1. The van der Waals surface area contributed by atoms with E-state index in [9.17, 15) is 4.79 Å². The van der Waals surface area contributed by atoms with E-state index >= 15 is 0 Å². The maximum atomic E-state index is 12.8. The van der Waals surface area contributed by atoms with Gasteiger partial charge in [0.1, 0.15) is 5.76 Å². The van der Waals surface area contributed by atoms with Crippen molar-refractivity contribution in [3.05, 3.63) is 29.7 Å². The van der Waals surface area contributed by atoms with E-state index in [-0.39, 0.29) is 24.0 Å². The van der Waals surface area contributed by atoms with Crippen molar-refractivity contribution in [3.8, 4) is 0 Å². The predicted molar refractivity (Wildman–Crippen MR) is 78.7 cm³/mol. The SMILES string of the molecule is CC(C)c1ocnc1C(=O)N1CC[C@H]2OCc3cnnn3[C@@H]2C1. The molecule has 4 rings (SSSR count). The zero-order valence-corrected chi connectivity index (χ0v) is 13.2. The number of aromatic nitrogens is 4. The van der Waals surface area contributed by atoms with Crippen LogP contribution >= 0.6 is 0 Å². The van der Waals surface area contributed by atoms with Crippen molar-refractivity contribution >= 4 is 5.91 Å². The van der Waals surface area contributed by atoms with Gasteiger partial charge in [-0.15, -0.1) is 5.10 Å². The van der Waals surface area contributed by atoms with Gasteiger partial charge >= 0.3 is 0 Å². The molecule has 23 heavy (non-hydrogen) atoms. The Balaban J connectivity index is 1.58. The Kier molecular flexibility index (Phi) is 3.41. The largest absolute Gasteiger partial charge is 0.447 e. The molecule has 8 heteroatoms. The second-order valence-corrected chi connectivity index (χ2v) is 6.35. The first kappa shape index (κ1) is 14.4. The van der Waals surface area contributed by atoms with Gasteiger partial charge in [0.2, 0.25) is 0 Å². The van der Waals surface area contributed by atoms with Crippen molar-refractivity contribution in [2.45, 2.75) is 44.9 Å². The maximum absolute atomic E-state index is 12.8. The van der Waals surface area contributed by atoms with Crippen LogP contribution in [0.2, 0.25) is 0 Å². The summed E-state index contributed by atoms with van der Waals surface area (Å²) in [4.78, 5) is 18.8. The summed E-state index contributed by atoms with van der Waals surface area (Å²) in [5, 5.41) is 8.11. The lowest BCUT2D eigenvalue weighted by Gasteiger charge is -2.40. The smallest absolute Gasteiger partial charge is 0.276 e. The van der Waals surface area contributed by atoms with Crippen LogP contribution in [0.1, 0.15) is 54.2 Å². The van der Waals surface area contributed by atoms with Crippen molar-refractivity contribution in [2.75, 3.05) is 13.1 Å². The number of carbonyl (C=O) groups excluding carboxylic acids is 1. The Labute approximate surface area is 133 Å². The summed E-state index contributed by atoms with van der Waals surface area (Å²) < 4.78 is 13.1. The van der Waals surface area contributed by atoms with E-state index in [1.165, 1.54) is 6.39 Å². The van der Waals surface area contributed by atoms with E-state index in [0.29, 0.717) is 31.2 Å². The predicted octanol–water partition coefficient (Wildman–Crippen LogP) is 1.38. The first-order chi connectivity index (χ1) is 11.1. The summed E-state index contributed by atoms with van der Waals surface area (Å²) in [5.74, 6) is 0.667. The van der Waals surface area contributed by atoms with Gasteiger partial charge in [-0.3, -0.25) is 4.79 Å². The Morgan fingerprint density at radius 3 is 3.13 bits per heavy atom. The van der Waals surface area contributed by atoms with Crippen LogP contribution in [0.4, 0.5) is 0 Å². The molecule has 4 heterocycles. The number of ether oxygens (including phenoxy) is 1. The van der Waals surface area contributed by atoms with E-state index in [4.69, 9.17) is 9.15 Å². The molecule has 0 saturated carbocycles. The fraction of sp³-hybridized carbons (Fsp3) is 0.600. The Morgan fingerprint density at radius 2 is 2.30 bits per heavy atom. The number of rotatable bonds is 2. The van der Waals surface area contributed by atoms with Crippen LogP contribution in [0.3, 0.4) is 0 Å². The molecule has 2 aromatic rings. The molecule has 0 aliphatic carbocycles. The third kappa shape index (κ3) is 2.33. The summed E-state index contributed by atoms with van der Waals surface area (Å²) in [6.45, 7) is 5.70. The number of amides is 1. The summed E-state index contributed by atoms with van der Waals surface area (Å²) >= 11 is 0. The minimum absolute atomic E-state index is 0.00773. The molecule has 2 aliphatic heterocycles. The average molecular weight is 317 g/mol. The molecule has 122 valence electrons. The highest BCUT2D eigenvalue weighted by molar-refractivity contribution is 5.93. The number of fused-ring (bicyclic) bond motifs is 3. The van der Waals surface area contributed by atoms with Gasteiger partial charge < -0.3 is 14.1 Å². The third-order valence-corrected chi connectivity index (χ3v) is 4.54. The molecule has 2 atom stereocenters. The van der Waals surface area contributed by atoms with Crippen LogP contribution in [-0.2, 0) is 11.3 Å². The highest BCUT2D eigenvalue weighted by Gasteiger charge is 2.39. The van der Waals surface area contributed by atoms with E-state index in [1.54, 1.807) is 6.20 Å². The topological polar surface area (TPSA) is 86.3 Å². The van der Waals surface area contributed by atoms with Crippen LogP contribution in [0.15, 0.2) is 17.0 Å². The fourth-order valence-electron chi connectivity index (χ4n) is 3.34. The second-order valence-electron chi connectivity index (χ2n) is 6.35. The monoisotopic (exact) mass is 317 g/mol. The average Bonchev–Trinajstić information content (AvgIpc) is 3.22. The summed E-state index contributed by atoms with van der Waals surface area (Å²) in [7, 11) is 0. The second kappa shape index (κ2) is 5.45. The highest BCUT2D eigenvalue weighted by Crippen LogP contribution is 2.31. The molecule has 0 bridgehead atoms. The van der Waals surface area contributed by atoms with Gasteiger partial charge in [0.15, 0.2) is 12.1 Å². The first-order valence-electron chi connectivity index (χ1n) is 7.88. The van der Waals surface area contributed by atoms with Gasteiger partial charge in [-0.1, -0.05) is 19.1 Å². The van der Waals surface area contributed by atoms with Crippen molar-refractivity contribution in [1.29, 1.82) is 0 Å². The molecule has 0 N–H and O–H groups in total. The fourth-order valence-corrected chi connectivity index (χ4v) is 3.34. The molecule has 0 spiro atoms. The standard InChI is InChI=1S/C15H19N5O3/c1-9(2)14-13(16-8-23-14)15(21)19-4-3-12-11(6-19)20-10(7-22-12)5-17-18-20/h5,8-9,11-12H,3-4,6-7H2,1-2H3/t11-,12-/m1/s1. The van der Waals surface area contributed by atoms with E-state index in [1.807, 2.05) is 23.4 Å². The van der Waals surface area contributed by atoms with Gasteiger partial charge in [-0.05, 0) is 6.42 Å². The van der Waals surface area contributed by atoms with Crippen LogP contribution in [0.5, 0.6) is 0 Å². The van der Waals surface area contributed by atoms with Gasteiger partial charge in [-0.25, -0.2) is 9.67 Å². The van der Waals surface area contributed by atoms with Crippen molar-refractivity contribution in [2.24, 2.45) is 0 Å². The quantitative estimate of drug-likeness (QED) is 0.831. The summed E-state index contributed by atoms with van der Waals surface area (Å²) in [6, 6.07) is 0.00773. The zero-order valence-electron chi connectivity index (χ0n) is 13.2. The number of piperidine rings is 1. The summed E-state index contributed by atoms with van der Waals surface area (Å²) in [6.07, 6.45) is 3.92. The molecule has 1 amide bonds. The van der Waals surface area contributed by atoms with Gasteiger partial charge in [-0.2, -0.15) is 0 Å². The number of hydrogen-bond acceptors (Lipinski definition) is 6. The van der Waals surface area contributed by atoms with E-state index in [0.717, 1.165) is 12.1 Å². The Bertz CT molecular complexity index is 722. The normalized spacial score (nSPS) is 23.7. The van der Waals surface area contributed by atoms with E-state index in [2.05, 4.69) is 15.3 Å². The van der Waals surface area contributed by atoms with Crippen molar-refractivity contribution in [1.82, 2.24) is 24.9 Å². The molecule has 0 aromatic carbocycles. The lowest BCUT2D eigenvalue weighted by Crippen LogP contribution is -2.50. The Morgan fingerprint density at radius 1 is 1.43 bits per heavy atom. The van der Waals surface area contributed by atoms with Gasteiger partial charge in [0.05, 0.1) is 30.6 Å². The minimum atomic E-state index is -0.0897. The third-order valence-electron chi connectivity index (χ3n) is 4.54. The van der Waals surface area contributed by atoms with Gasteiger partial charge in [0.25, 0.3) is 5.91 Å². The van der Waals surface area contributed by atoms with Crippen LogP contribution in [0, 0.1) is 0 Å². The molecule has 2 aromatic heterocycles. The van der Waals surface area contributed by atoms with Crippen LogP contribution < -0.4 is 0 Å². The first-order valence-corrected chi connectivity index (χ1v) is 7.88. The molecular weight excluding hydrogens is 298 g/mol. The number of carbonyl (C=O) groups is 1. The Hall–Kier alpha value is -2.22. The van der Waals surface area contributed by atoms with Crippen LogP contribution in [-0.4, -0.2) is 50.0 Å².